The highest BCUT2D eigenvalue weighted by molar-refractivity contribution is 14.0. The molecule has 1 heterocycles. The topological polar surface area (TPSA) is 90.5 Å². The summed E-state index contributed by atoms with van der Waals surface area (Å²) >= 11 is 0. The lowest BCUT2D eigenvalue weighted by molar-refractivity contribution is -0.119. The SMILES string of the molecule is CCNC(=NCC(=O)NCCOC)NCCc1c[nH]c2cccc(C)c12.I. The number of nitrogens with one attached hydrogen (secondary N) is 4. The molecule has 2 aromatic rings. The van der Waals surface area contributed by atoms with Gasteiger partial charge in [0.25, 0.3) is 0 Å². The zero-order valence-electron chi connectivity index (χ0n) is 16.2. The van der Waals surface area contributed by atoms with Gasteiger partial charge in [0.2, 0.25) is 5.91 Å². The number of carbonyl (C=O) groups is 1. The second-order valence-corrected chi connectivity index (χ2v) is 6.03. The van der Waals surface area contributed by atoms with E-state index in [-0.39, 0.29) is 36.4 Å². The second-order valence-electron chi connectivity index (χ2n) is 6.03. The summed E-state index contributed by atoms with van der Waals surface area (Å²) < 4.78 is 4.91. The summed E-state index contributed by atoms with van der Waals surface area (Å²) in [5, 5.41) is 10.5. The third-order valence-corrected chi connectivity index (χ3v) is 4.04. The van der Waals surface area contributed by atoms with Crippen molar-refractivity contribution in [3.8, 4) is 0 Å². The molecule has 0 spiro atoms. The molecule has 1 aromatic carbocycles. The van der Waals surface area contributed by atoms with Crippen molar-refractivity contribution in [1.29, 1.82) is 0 Å². The molecule has 0 saturated carbocycles. The molecular formula is C19H30IN5O2. The first-order valence-electron chi connectivity index (χ1n) is 8.99. The van der Waals surface area contributed by atoms with Crippen molar-refractivity contribution in [2.45, 2.75) is 20.3 Å². The maximum Gasteiger partial charge on any atom is 0.241 e. The van der Waals surface area contributed by atoms with Crippen LogP contribution >= 0.6 is 24.0 Å². The van der Waals surface area contributed by atoms with Gasteiger partial charge in [-0.05, 0) is 37.5 Å². The van der Waals surface area contributed by atoms with E-state index in [1.165, 1.54) is 16.5 Å². The minimum Gasteiger partial charge on any atom is -0.383 e. The highest BCUT2D eigenvalue weighted by Crippen LogP contribution is 2.22. The van der Waals surface area contributed by atoms with Gasteiger partial charge in [-0.15, -0.1) is 24.0 Å². The van der Waals surface area contributed by atoms with Crippen LogP contribution in [-0.2, 0) is 16.0 Å². The Labute approximate surface area is 177 Å². The van der Waals surface area contributed by atoms with Crippen LogP contribution in [0.1, 0.15) is 18.1 Å². The van der Waals surface area contributed by atoms with Crippen LogP contribution in [0.2, 0.25) is 0 Å². The molecule has 4 N–H and O–H groups in total. The third-order valence-electron chi connectivity index (χ3n) is 4.04. The van der Waals surface area contributed by atoms with Crippen LogP contribution in [0.3, 0.4) is 0 Å². The number of hydrogen-bond donors (Lipinski definition) is 4. The number of amides is 1. The molecule has 8 heteroatoms. The quantitative estimate of drug-likeness (QED) is 0.189. The summed E-state index contributed by atoms with van der Waals surface area (Å²) in [7, 11) is 1.60. The van der Waals surface area contributed by atoms with Crippen molar-refractivity contribution < 1.29 is 9.53 Å². The Balaban J connectivity index is 0.00000364. The first-order valence-corrected chi connectivity index (χ1v) is 8.99. The Morgan fingerprint density at radius 1 is 1.22 bits per heavy atom. The molecule has 0 saturated heterocycles. The number of aliphatic imine (C=N–C) groups is 1. The molecule has 1 amide bonds. The molecule has 7 nitrogen and oxygen atoms in total. The Morgan fingerprint density at radius 2 is 2.04 bits per heavy atom. The molecule has 150 valence electrons. The van der Waals surface area contributed by atoms with Gasteiger partial charge in [0.15, 0.2) is 5.96 Å². The summed E-state index contributed by atoms with van der Waals surface area (Å²) in [5.74, 6) is 0.525. The van der Waals surface area contributed by atoms with Gasteiger partial charge in [-0.1, -0.05) is 12.1 Å². The fourth-order valence-corrected chi connectivity index (χ4v) is 2.81. The van der Waals surface area contributed by atoms with Gasteiger partial charge in [0.05, 0.1) is 6.61 Å². The standard InChI is InChI=1S/C19H29N5O2.HI/c1-4-20-19(24-13-17(25)21-10-11-26-3)22-9-8-15-12-23-16-7-5-6-14(2)18(15)16;/h5-7,12,23H,4,8-11,13H2,1-3H3,(H,21,25)(H2,20,22,24);1H. The van der Waals surface area contributed by atoms with E-state index in [1.54, 1.807) is 7.11 Å². The Hall–Kier alpha value is -1.81. The number of H-pyrrole nitrogens is 1. The molecule has 0 aliphatic rings. The number of benzene rings is 1. The van der Waals surface area contributed by atoms with Gasteiger partial charge in [-0.2, -0.15) is 0 Å². The van der Waals surface area contributed by atoms with Crippen LogP contribution in [0.25, 0.3) is 10.9 Å². The van der Waals surface area contributed by atoms with Gasteiger partial charge in [-0.3, -0.25) is 4.79 Å². The van der Waals surface area contributed by atoms with Crippen LogP contribution in [0, 0.1) is 6.92 Å². The van der Waals surface area contributed by atoms with Gasteiger partial charge in [-0.25, -0.2) is 4.99 Å². The average Bonchev–Trinajstić information content (AvgIpc) is 3.04. The normalized spacial score (nSPS) is 11.1. The molecule has 27 heavy (non-hydrogen) atoms. The zero-order valence-corrected chi connectivity index (χ0v) is 18.6. The summed E-state index contributed by atoms with van der Waals surface area (Å²) in [6.07, 6.45) is 2.93. The summed E-state index contributed by atoms with van der Waals surface area (Å²) in [6.45, 7) is 6.68. The number of ether oxygens (including phenoxy) is 1. The van der Waals surface area contributed by atoms with Crippen molar-refractivity contribution in [3.05, 3.63) is 35.5 Å². The van der Waals surface area contributed by atoms with Gasteiger partial charge in [0.1, 0.15) is 6.54 Å². The smallest absolute Gasteiger partial charge is 0.241 e. The lowest BCUT2D eigenvalue weighted by atomic mass is 10.1. The number of aryl methyl sites for hydroxylation is 1. The van der Waals surface area contributed by atoms with E-state index in [0.717, 1.165) is 25.0 Å². The predicted molar refractivity (Wildman–Crippen MR) is 121 cm³/mol. The number of nitrogens with zero attached hydrogens (tertiary/aromatic N) is 1. The van der Waals surface area contributed by atoms with Crippen molar-refractivity contribution in [2.24, 2.45) is 4.99 Å². The lowest BCUT2D eigenvalue weighted by Crippen LogP contribution is -2.39. The zero-order chi connectivity index (χ0) is 18.8. The van der Waals surface area contributed by atoms with Gasteiger partial charge in [0, 0.05) is 43.8 Å². The van der Waals surface area contributed by atoms with Crippen LogP contribution in [0.15, 0.2) is 29.4 Å². The summed E-state index contributed by atoms with van der Waals surface area (Å²) in [6, 6.07) is 6.28. The number of carbonyl (C=O) groups excluding carboxylic acids is 1. The summed E-state index contributed by atoms with van der Waals surface area (Å²) in [5.41, 5.74) is 3.71. The molecule has 0 atom stereocenters. The van der Waals surface area contributed by atoms with Gasteiger partial charge < -0.3 is 25.7 Å². The number of aromatic nitrogens is 1. The van der Waals surface area contributed by atoms with Crippen LogP contribution in [-0.4, -0.2) is 56.7 Å². The molecule has 0 aliphatic carbocycles. The first-order chi connectivity index (χ1) is 12.7. The van der Waals surface area contributed by atoms with Crippen molar-refractivity contribution in [1.82, 2.24) is 20.9 Å². The molecular weight excluding hydrogens is 457 g/mol. The van der Waals surface area contributed by atoms with Crippen LogP contribution in [0.5, 0.6) is 0 Å². The second kappa shape index (κ2) is 12.6. The minimum atomic E-state index is -0.119. The molecule has 2 rings (SSSR count). The van der Waals surface area contributed by atoms with E-state index in [2.05, 4.69) is 57.2 Å². The number of aromatic amines is 1. The van der Waals surface area contributed by atoms with Crippen molar-refractivity contribution >= 4 is 46.7 Å². The van der Waals surface area contributed by atoms with E-state index < -0.39 is 0 Å². The fraction of sp³-hybridized carbons (Fsp3) is 0.474. The molecule has 0 radical (unpaired) electrons. The molecule has 1 aromatic heterocycles. The number of rotatable bonds is 9. The fourth-order valence-electron chi connectivity index (χ4n) is 2.81. The number of hydrogen-bond acceptors (Lipinski definition) is 3. The maximum atomic E-state index is 11.7. The largest absolute Gasteiger partial charge is 0.383 e. The predicted octanol–water partition coefficient (Wildman–Crippen LogP) is 1.95. The number of fused-ring (bicyclic) bond motifs is 1. The Morgan fingerprint density at radius 3 is 2.78 bits per heavy atom. The van der Waals surface area contributed by atoms with E-state index in [9.17, 15) is 4.79 Å². The van der Waals surface area contributed by atoms with E-state index in [1.807, 2.05) is 6.92 Å². The third kappa shape index (κ3) is 7.37. The first kappa shape index (κ1) is 23.2. The van der Waals surface area contributed by atoms with E-state index in [0.29, 0.717) is 19.1 Å². The molecule has 0 bridgehead atoms. The average molecular weight is 487 g/mol. The molecule has 0 unspecified atom stereocenters. The van der Waals surface area contributed by atoms with Crippen molar-refractivity contribution in [3.63, 3.8) is 0 Å². The van der Waals surface area contributed by atoms with Crippen LogP contribution < -0.4 is 16.0 Å². The van der Waals surface area contributed by atoms with Gasteiger partial charge >= 0.3 is 0 Å². The number of halogens is 1. The Kier molecular flexibility index (Phi) is 10.8. The van der Waals surface area contributed by atoms with E-state index in [4.69, 9.17) is 4.74 Å². The molecule has 0 aliphatic heterocycles. The number of guanidine groups is 1. The molecule has 0 fully saturated rings. The summed E-state index contributed by atoms with van der Waals surface area (Å²) in [4.78, 5) is 19.4. The van der Waals surface area contributed by atoms with Crippen LogP contribution in [0.4, 0.5) is 0 Å². The monoisotopic (exact) mass is 487 g/mol. The maximum absolute atomic E-state index is 11.7. The minimum absolute atomic E-state index is 0. The van der Waals surface area contributed by atoms with Crippen molar-refractivity contribution in [2.75, 3.05) is 39.9 Å². The highest BCUT2D eigenvalue weighted by Gasteiger charge is 2.07. The lowest BCUT2D eigenvalue weighted by Gasteiger charge is -2.11. The number of methoxy groups -OCH3 is 1. The van der Waals surface area contributed by atoms with E-state index >= 15 is 0 Å². The highest BCUT2D eigenvalue weighted by atomic mass is 127. The Bertz CT molecular complexity index is 745.